The Kier molecular flexibility index (Phi) is 4.69. The van der Waals surface area contributed by atoms with Gasteiger partial charge in [0.05, 0.1) is 0 Å². The fourth-order valence-corrected chi connectivity index (χ4v) is 2.27. The molecule has 96 valence electrons. The van der Waals surface area contributed by atoms with Crippen LogP contribution in [-0.4, -0.2) is 5.78 Å². The first-order valence-electron chi connectivity index (χ1n) is 6.19. The lowest BCUT2D eigenvalue weighted by molar-refractivity contribution is 0.102. The third-order valence-corrected chi connectivity index (χ3v) is 3.54. The molecule has 0 aliphatic heterocycles. The highest BCUT2D eigenvalue weighted by Crippen LogP contribution is 2.23. The second-order valence-corrected chi connectivity index (χ2v) is 5.30. The van der Waals surface area contributed by atoms with E-state index in [0.29, 0.717) is 0 Å². The van der Waals surface area contributed by atoms with Crippen LogP contribution in [0.1, 0.15) is 22.3 Å². The SMILES string of the molecule is Brc1ccccc1.C=C1CCc2ccccc2C1=O. The zero-order chi connectivity index (χ0) is 13.7. The topological polar surface area (TPSA) is 17.1 Å². The number of ketones is 1. The van der Waals surface area contributed by atoms with E-state index in [9.17, 15) is 4.79 Å². The Bertz CT molecular complexity index is 587. The van der Waals surface area contributed by atoms with Gasteiger partial charge in [-0.3, -0.25) is 4.79 Å². The molecule has 1 aliphatic rings. The molecule has 0 spiro atoms. The molecule has 0 amide bonds. The first-order valence-corrected chi connectivity index (χ1v) is 6.98. The summed E-state index contributed by atoms with van der Waals surface area (Å²) in [4.78, 5) is 11.5. The van der Waals surface area contributed by atoms with Crippen LogP contribution in [0.5, 0.6) is 0 Å². The van der Waals surface area contributed by atoms with Crippen molar-refractivity contribution >= 4 is 21.7 Å². The van der Waals surface area contributed by atoms with E-state index in [1.54, 1.807) is 0 Å². The standard InChI is InChI=1S/C11H10O.C6H5Br/c1-8-6-7-9-4-2-3-5-10(9)11(8)12;7-6-4-2-1-3-5-6/h2-5H,1,6-7H2;1-5H. The lowest BCUT2D eigenvalue weighted by atomic mass is 9.88. The molecule has 2 heteroatoms. The van der Waals surface area contributed by atoms with Crippen LogP contribution in [0.25, 0.3) is 0 Å². The van der Waals surface area contributed by atoms with Crippen molar-refractivity contribution in [3.63, 3.8) is 0 Å². The number of Topliss-reactive ketones (excluding diaryl/α,β-unsaturated/α-hetero) is 1. The fraction of sp³-hybridized carbons (Fsp3) is 0.118. The summed E-state index contributed by atoms with van der Waals surface area (Å²) in [5.41, 5.74) is 2.75. The molecule has 2 aromatic carbocycles. The van der Waals surface area contributed by atoms with Crippen molar-refractivity contribution in [2.75, 3.05) is 0 Å². The molecule has 0 aromatic heterocycles. The molecular formula is C17H15BrO. The van der Waals surface area contributed by atoms with Gasteiger partial charge in [0.25, 0.3) is 0 Å². The number of carbonyl (C=O) groups is 1. The predicted molar refractivity (Wildman–Crippen MR) is 82.4 cm³/mol. The molecule has 19 heavy (non-hydrogen) atoms. The maximum Gasteiger partial charge on any atom is 0.188 e. The van der Waals surface area contributed by atoms with Crippen molar-refractivity contribution < 1.29 is 4.79 Å². The Labute approximate surface area is 122 Å². The highest BCUT2D eigenvalue weighted by atomic mass is 79.9. The summed E-state index contributed by atoms with van der Waals surface area (Å²) < 4.78 is 1.13. The van der Waals surface area contributed by atoms with Crippen LogP contribution in [0.15, 0.2) is 71.2 Å². The fourth-order valence-electron chi connectivity index (χ4n) is 1.96. The Morgan fingerprint density at radius 2 is 1.53 bits per heavy atom. The molecule has 0 radical (unpaired) electrons. The summed E-state index contributed by atoms with van der Waals surface area (Å²) in [6, 6.07) is 17.7. The van der Waals surface area contributed by atoms with E-state index in [0.717, 1.165) is 34.0 Å². The van der Waals surface area contributed by atoms with Gasteiger partial charge in [-0.1, -0.05) is 65.0 Å². The molecular weight excluding hydrogens is 300 g/mol. The second-order valence-electron chi connectivity index (χ2n) is 4.39. The monoisotopic (exact) mass is 314 g/mol. The van der Waals surface area contributed by atoms with E-state index in [2.05, 4.69) is 22.5 Å². The average molecular weight is 315 g/mol. The van der Waals surface area contributed by atoms with Crippen LogP contribution >= 0.6 is 15.9 Å². The average Bonchev–Trinajstić information content (AvgIpc) is 2.45. The highest BCUT2D eigenvalue weighted by Gasteiger charge is 2.18. The summed E-state index contributed by atoms with van der Waals surface area (Å²) in [7, 11) is 0. The quantitative estimate of drug-likeness (QED) is 0.637. The minimum atomic E-state index is 0.122. The van der Waals surface area contributed by atoms with Crippen molar-refractivity contribution in [3.8, 4) is 0 Å². The van der Waals surface area contributed by atoms with Gasteiger partial charge in [-0.2, -0.15) is 0 Å². The zero-order valence-electron chi connectivity index (χ0n) is 10.6. The molecule has 2 aromatic rings. The van der Waals surface area contributed by atoms with Gasteiger partial charge in [-0.15, -0.1) is 0 Å². The van der Waals surface area contributed by atoms with Gasteiger partial charge in [-0.05, 0) is 36.1 Å². The number of allylic oxidation sites excluding steroid dienone is 1. The maximum atomic E-state index is 11.5. The minimum absolute atomic E-state index is 0.122. The number of hydrogen-bond donors (Lipinski definition) is 0. The number of halogens is 1. The summed E-state index contributed by atoms with van der Waals surface area (Å²) in [6.45, 7) is 3.74. The van der Waals surface area contributed by atoms with Gasteiger partial charge in [0.15, 0.2) is 5.78 Å². The molecule has 1 aliphatic carbocycles. The van der Waals surface area contributed by atoms with E-state index in [1.165, 1.54) is 0 Å². The van der Waals surface area contributed by atoms with Gasteiger partial charge in [0.2, 0.25) is 0 Å². The number of aryl methyl sites for hydroxylation is 1. The molecule has 0 heterocycles. The highest BCUT2D eigenvalue weighted by molar-refractivity contribution is 9.10. The van der Waals surface area contributed by atoms with E-state index in [1.807, 2.05) is 54.6 Å². The molecule has 0 bridgehead atoms. The lowest BCUT2D eigenvalue weighted by Crippen LogP contribution is -2.12. The van der Waals surface area contributed by atoms with Crippen molar-refractivity contribution in [2.45, 2.75) is 12.8 Å². The van der Waals surface area contributed by atoms with Crippen LogP contribution < -0.4 is 0 Å². The molecule has 3 rings (SSSR count). The van der Waals surface area contributed by atoms with Crippen molar-refractivity contribution in [1.82, 2.24) is 0 Å². The third kappa shape index (κ3) is 3.65. The van der Waals surface area contributed by atoms with Crippen LogP contribution in [-0.2, 0) is 6.42 Å². The first-order chi connectivity index (χ1) is 9.18. The third-order valence-electron chi connectivity index (χ3n) is 3.01. The van der Waals surface area contributed by atoms with Crippen LogP contribution in [0, 0.1) is 0 Å². The molecule has 0 atom stereocenters. The van der Waals surface area contributed by atoms with Gasteiger partial charge in [-0.25, -0.2) is 0 Å². The zero-order valence-corrected chi connectivity index (χ0v) is 12.2. The number of rotatable bonds is 0. The van der Waals surface area contributed by atoms with Gasteiger partial charge in [0, 0.05) is 10.0 Å². The molecule has 0 N–H and O–H groups in total. The van der Waals surface area contributed by atoms with Crippen LogP contribution in [0.3, 0.4) is 0 Å². The molecule has 0 saturated heterocycles. The largest absolute Gasteiger partial charge is 0.289 e. The summed E-state index contributed by atoms with van der Waals surface area (Å²) >= 11 is 3.31. The van der Waals surface area contributed by atoms with Gasteiger partial charge in [0.1, 0.15) is 0 Å². The van der Waals surface area contributed by atoms with Gasteiger partial charge >= 0.3 is 0 Å². The van der Waals surface area contributed by atoms with E-state index < -0.39 is 0 Å². The van der Waals surface area contributed by atoms with Crippen LogP contribution in [0.2, 0.25) is 0 Å². The normalized spacial score (nSPS) is 13.3. The second kappa shape index (κ2) is 6.48. The number of benzene rings is 2. The smallest absolute Gasteiger partial charge is 0.188 e. The predicted octanol–water partition coefficient (Wildman–Crippen LogP) is 4.82. The van der Waals surface area contributed by atoms with Gasteiger partial charge < -0.3 is 0 Å². The molecule has 0 unspecified atom stereocenters. The van der Waals surface area contributed by atoms with Crippen molar-refractivity contribution in [1.29, 1.82) is 0 Å². The van der Waals surface area contributed by atoms with Crippen LogP contribution in [0.4, 0.5) is 0 Å². The van der Waals surface area contributed by atoms with Crippen molar-refractivity contribution in [2.24, 2.45) is 0 Å². The van der Waals surface area contributed by atoms with Crippen molar-refractivity contribution in [3.05, 3.63) is 82.3 Å². The van der Waals surface area contributed by atoms with E-state index in [4.69, 9.17) is 0 Å². The number of fused-ring (bicyclic) bond motifs is 1. The molecule has 0 saturated carbocycles. The van der Waals surface area contributed by atoms with E-state index >= 15 is 0 Å². The Hall–Kier alpha value is -1.67. The molecule has 0 fully saturated rings. The summed E-state index contributed by atoms with van der Waals surface area (Å²) in [6.07, 6.45) is 1.77. The summed E-state index contributed by atoms with van der Waals surface area (Å²) in [5, 5.41) is 0. The number of carbonyl (C=O) groups excluding carboxylic acids is 1. The first kappa shape index (κ1) is 13.8. The lowest BCUT2D eigenvalue weighted by Gasteiger charge is -2.15. The number of hydrogen-bond acceptors (Lipinski definition) is 1. The Morgan fingerprint density at radius 3 is 2.16 bits per heavy atom. The van der Waals surface area contributed by atoms with E-state index in [-0.39, 0.29) is 5.78 Å². The Balaban J connectivity index is 0.000000163. The Morgan fingerprint density at radius 1 is 0.895 bits per heavy atom. The minimum Gasteiger partial charge on any atom is -0.289 e. The molecule has 1 nitrogen and oxygen atoms in total. The summed E-state index contributed by atoms with van der Waals surface area (Å²) in [5.74, 6) is 0.122. The maximum absolute atomic E-state index is 11.5.